The molecule has 2 unspecified atom stereocenters. The molecular weight excluding hydrogens is 671 g/mol. The van der Waals surface area contributed by atoms with Crippen molar-refractivity contribution >= 4 is 41.6 Å². The number of rotatable bonds is 11. The molecule has 2 bridgehead atoms. The highest BCUT2D eigenvalue weighted by atomic mass is 32.1. The molecule has 0 radical (unpaired) electrons. The first kappa shape index (κ1) is 36.8. The lowest BCUT2D eigenvalue weighted by atomic mass is 9.43. The molecule has 3 saturated carbocycles. The van der Waals surface area contributed by atoms with E-state index in [9.17, 15) is 14.4 Å². The van der Waals surface area contributed by atoms with Gasteiger partial charge in [-0.05, 0) is 60.1 Å². The third-order valence-electron chi connectivity index (χ3n) is 11.3. The first-order valence-corrected chi connectivity index (χ1v) is 18.1. The number of para-hydroxylation sites is 1. The molecule has 51 heavy (non-hydrogen) atoms. The molecule has 1 saturated heterocycles. The molecule has 6 atom stereocenters. The number of esters is 1. The zero-order chi connectivity index (χ0) is 36.8. The molecule has 4 fully saturated rings. The van der Waals surface area contributed by atoms with E-state index in [4.69, 9.17) is 29.3 Å². The van der Waals surface area contributed by atoms with Gasteiger partial charge in [0.15, 0.2) is 5.13 Å². The SMILES string of the molecule is COc1ccccc1C(=O)OC[C@@](NC(=O)C(N)c1csc(NC(=O)OCc2ccccc2)n1)(B1OC2C[C@H]3C[C@@H](C3(C)C)[C@]2(C)O1)C(C)(C)C. The van der Waals surface area contributed by atoms with E-state index in [0.29, 0.717) is 11.7 Å². The van der Waals surface area contributed by atoms with Gasteiger partial charge in [-0.15, -0.1) is 11.3 Å². The normalized spacial score (nSPS) is 25.0. The number of hydrogen-bond donors (Lipinski definition) is 3. The van der Waals surface area contributed by atoms with E-state index in [1.54, 1.807) is 29.6 Å². The second-order valence-corrected chi connectivity index (χ2v) is 16.4. The number of thiazole rings is 1. The number of nitrogens with one attached hydrogen (secondary N) is 2. The Bertz CT molecular complexity index is 1770. The molecule has 3 aliphatic carbocycles. The predicted molar refractivity (Wildman–Crippen MR) is 193 cm³/mol. The lowest BCUT2D eigenvalue weighted by Gasteiger charge is -2.64. The van der Waals surface area contributed by atoms with Gasteiger partial charge in [-0.1, -0.05) is 77.1 Å². The van der Waals surface area contributed by atoms with Crippen molar-refractivity contribution in [2.75, 3.05) is 19.0 Å². The van der Waals surface area contributed by atoms with Crippen LogP contribution in [0.3, 0.4) is 0 Å². The minimum absolute atomic E-state index is 0.0835. The summed E-state index contributed by atoms with van der Waals surface area (Å²) in [6.45, 7) is 12.2. The van der Waals surface area contributed by atoms with E-state index in [1.807, 2.05) is 51.1 Å². The Morgan fingerprint density at radius 2 is 1.76 bits per heavy atom. The summed E-state index contributed by atoms with van der Waals surface area (Å²) in [6.07, 6.45) is 0.977. The van der Waals surface area contributed by atoms with Crippen LogP contribution in [0.5, 0.6) is 5.75 Å². The number of ether oxygens (including phenoxy) is 3. The average Bonchev–Trinajstić information content (AvgIpc) is 3.72. The van der Waals surface area contributed by atoms with E-state index in [-0.39, 0.29) is 47.0 Å². The molecule has 0 spiro atoms. The van der Waals surface area contributed by atoms with Gasteiger partial charge in [0.25, 0.3) is 0 Å². The van der Waals surface area contributed by atoms with Crippen LogP contribution in [0.2, 0.25) is 0 Å². The van der Waals surface area contributed by atoms with Gasteiger partial charge in [0.2, 0.25) is 5.91 Å². The van der Waals surface area contributed by atoms with Crippen molar-refractivity contribution in [1.82, 2.24) is 10.3 Å². The smallest absolute Gasteiger partial charge is 0.489 e. The van der Waals surface area contributed by atoms with E-state index >= 15 is 0 Å². The first-order chi connectivity index (χ1) is 24.1. The van der Waals surface area contributed by atoms with Crippen molar-refractivity contribution < 1.29 is 37.9 Å². The molecule has 1 aromatic heterocycles. The van der Waals surface area contributed by atoms with Gasteiger partial charge in [0, 0.05) is 5.38 Å². The zero-order valence-electron chi connectivity index (χ0n) is 30.2. The van der Waals surface area contributed by atoms with Crippen LogP contribution in [0.15, 0.2) is 60.0 Å². The standard InChI is InChI=1S/C37H47BN4O8S/c1-34(2,3)37(21-48-31(44)24-15-11-12-16-26(24)46-7,38-49-28-18-23-17-27(35(23,4)5)36(28,6)50-38)42-30(43)29(39)25-20-51-32(40-25)41-33(45)47-19-22-13-9-8-10-14-22/h8-16,20,23,27-29H,17-19,21,39H2,1-7H3,(H,42,43)(H,40,41,45)/t23-,27+,28?,29?,36+,37+/m1/s1. The Hall–Kier alpha value is -3.98. The summed E-state index contributed by atoms with van der Waals surface area (Å²) in [4.78, 5) is 44.6. The van der Waals surface area contributed by atoms with Gasteiger partial charge in [-0.2, -0.15) is 0 Å². The Morgan fingerprint density at radius 1 is 1.06 bits per heavy atom. The van der Waals surface area contributed by atoms with Gasteiger partial charge < -0.3 is 34.6 Å². The highest BCUT2D eigenvalue weighted by molar-refractivity contribution is 7.13. The summed E-state index contributed by atoms with van der Waals surface area (Å²) in [5.41, 5.74) is 5.16. The lowest BCUT2D eigenvalue weighted by Crippen LogP contribution is -2.71. The van der Waals surface area contributed by atoms with Crippen LogP contribution >= 0.6 is 11.3 Å². The molecule has 4 N–H and O–H groups in total. The second kappa shape index (κ2) is 13.9. The number of carbonyl (C=O) groups excluding carboxylic acids is 3. The Balaban J connectivity index is 1.24. The minimum Gasteiger partial charge on any atom is -0.496 e. The minimum atomic E-state index is -1.40. The predicted octanol–water partition coefficient (Wildman–Crippen LogP) is 5.93. The van der Waals surface area contributed by atoms with Crippen LogP contribution in [0.1, 0.15) is 82.0 Å². The number of methoxy groups -OCH3 is 1. The maximum atomic E-state index is 14.2. The molecule has 3 aromatic rings. The van der Waals surface area contributed by atoms with Gasteiger partial charge in [-0.3, -0.25) is 10.1 Å². The first-order valence-electron chi connectivity index (χ1n) is 17.2. The molecule has 1 aliphatic heterocycles. The summed E-state index contributed by atoms with van der Waals surface area (Å²) < 4.78 is 30.4. The second-order valence-electron chi connectivity index (χ2n) is 15.5. The summed E-state index contributed by atoms with van der Waals surface area (Å²) in [7, 11) is 0.506. The molecule has 12 nitrogen and oxygen atoms in total. The lowest BCUT2D eigenvalue weighted by molar-refractivity contribution is -0.199. The fourth-order valence-corrected chi connectivity index (χ4v) is 8.57. The van der Waals surface area contributed by atoms with E-state index in [0.717, 1.165) is 29.7 Å². The van der Waals surface area contributed by atoms with Crippen molar-refractivity contribution in [3.63, 3.8) is 0 Å². The summed E-state index contributed by atoms with van der Waals surface area (Å²) in [6, 6.07) is 14.8. The zero-order valence-corrected chi connectivity index (χ0v) is 31.0. The van der Waals surface area contributed by atoms with Crippen molar-refractivity contribution in [2.45, 2.75) is 84.2 Å². The Kier molecular flexibility index (Phi) is 10.0. The number of carbonyl (C=O) groups is 3. The van der Waals surface area contributed by atoms with Crippen molar-refractivity contribution in [1.29, 1.82) is 0 Å². The van der Waals surface area contributed by atoms with Gasteiger partial charge in [0.1, 0.15) is 36.0 Å². The molecule has 272 valence electrons. The largest absolute Gasteiger partial charge is 0.496 e. The van der Waals surface area contributed by atoms with Crippen LogP contribution in [-0.4, -0.2) is 60.9 Å². The van der Waals surface area contributed by atoms with Crippen LogP contribution < -0.4 is 21.1 Å². The van der Waals surface area contributed by atoms with E-state index in [1.165, 1.54) is 7.11 Å². The number of anilines is 1. The van der Waals surface area contributed by atoms with E-state index in [2.05, 4.69) is 36.4 Å². The highest BCUT2D eigenvalue weighted by Crippen LogP contribution is 2.66. The Labute approximate surface area is 303 Å². The fourth-order valence-electron chi connectivity index (χ4n) is 7.83. The molecule has 2 amide bonds. The van der Waals surface area contributed by atoms with Crippen LogP contribution in [0.4, 0.5) is 9.93 Å². The number of amides is 2. The average molecular weight is 719 g/mol. The number of nitrogens with two attached hydrogens (primary N) is 1. The summed E-state index contributed by atoms with van der Waals surface area (Å²) in [5.74, 6) is -0.0920. The number of hydrogen-bond acceptors (Lipinski definition) is 11. The van der Waals surface area contributed by atoms with E-state index < -0.39 is 47.6 Å². The maximum absolute atomic E-state index is 14.2. The van der Waals surface area contributed by atoms with Crippen LogP contribution in [0.25, 0.3) is 0 Å². The quantitative estimate of drug-likeness (QED) is 0.160. The molecular formula is C37H47BN4O8S. The fraction of sp³-hybridized carbons (Fsp3) is 0.514. The topological polar surface area (TPSA) is 160 Å². The summed E-state index contributed by atoms with van der Waals surface area (Å²) in [5, 5.41) is 7.57. The maximum Gasteiger partial charge on any atom is 0.489 e. The Morgan fingerprint density at radius 3 is 2.45 bits per heavy atom. The van der Waals surface area contributed by atoms with Gasteiger partial charge in [-0.25, -0.2) is 14.6 Å². The van der Waals surface area contributed by atoms with Crippen LogP contribution in [-0.2, 0) is 30.2 Å². The number of aromatic nitrogens is 1. The third kappa shape index (κ3) is 6.86. The number of nitrogens with zero attached hydrogens (tertiary/aromatic N) is 1. The van der Waals surface area contributed by atoms with Crippen molar-refractivity contribution in [3.05, 3.63) is 76.8 Å². The van der Waals surface area contributed by atoms with Gasteiger partial charge in [0.05, 0.1) is 24.5 Å². The molecule has 2 aromatic carbocycles. The molecule has 7 rings (SSSR count). The number of benzene rings is 2. The monoisotopic (exact) mass is 718 g/mol. The van der Waals surface area contributed by atoms with Crippen LogP contribution in [0, 0.1) is 22.7 Å². The molecule has 4 aliphatic rings. The highest BCUT2D eigenvalue weighted by Gasteiger charge is 2.72. The third-order valence-corrected chi connectivity index (χ3v) is 12.1. The summed E-state index contributed by atoms with van der Waals surface area (Å²) >= 11 is 1.11. The van der Waals surface area contributed by atoms with Crippen molar-refractivity contribution in [3.8, 4) is 5.75 Å². The molecule has 14 heteroatoms. The molecule has 2 heterocycles. The van der Waals surface area contributed by atoms with Gasteiger partial charge >= 0.3 is 19.2 Å². The van der Waals surface area contributed by atoms with Crippen molar-refractivity contribution in [2.24, 2.45) is 28.4 Å².